The van der Waals surface area contributed by atoms with E-state index in [1.54, 1.807) is 13.2 Å². The maximum absolute atomic E-state index is 8.40. The Bertz CT molecular complexity index is 1360. The number of nitrogens with one attached hydrogen (secondary N) is 4. The summed E-state index contributed by atoms with van der Waals surface area (Å²) >= 11 is 0. The van der Waals surface area contributed by atoms with Gasteiger partial charge >= 0.3 is 0 Å². The normalized spacial score (nSPS) is 18.5. The van der Waals surface area contributed by atoms with Crippen LogP contribution in [0.2, 0.25) is 0 Å². The van der Waals surface area contributed by atoms with Crippen molar-refractivity contribution in [2.75, 3.05) is 43.3 Å². The van der Waals surface area contributed by atoms with Crippen LogP contribution in [0.15, 0.2) is 84.3 Å². The Balaban J connectivity index is 1.38. The Morgan fingerprint density at radius 2 is 1.87 bits per heavy atom. The van der Waals surface area contributed by atoms with Gasteiger partial charge in [-0.2, -0.15) is 4.98 Å². The second-order valence-electron chi connectivity index (χ2n) is 9.84. The fourth-order valence-electron chi connectivity index (χ4n) is 4.25. The first kappa shape index (κ1) is 25.3. The van der Waals surface area contributed by atoms with Crippen LogP contribution in [0.1, 0.15) is 18.4 Å². The van der Waals surface area contributed by atoms with Crippen LogP contribution in [-0.4, -0.2) is 49.2 Å². The molecule has 0 radical (unpaired) electrons. The van der Waals surface area contributed by atoms with E-state index in [0.29, 0.717) is 35.7 Å². The topological polar surface area (TPSA) is 124 Å². The highest BCUT2D eigenvalue weighted by Gasteiger charge is 2.39. The third-order valence-corrected chi connectivity index (χ3v) is 6.57. The van der Waals surface area contributed by atoms with E-state index in [2.05, 4.69) is 38.0 Å². The summed E-state index contributed by atoms with van der Waals surface area (Å²) in [5, 5.41) is 18.3. The highest BCUT2D eigenvalue weighted by molar-refractivity contribution is 6.06. The summed E-state index contributed by atoms with van der Waals surface area (Å²) in [6.45, 7) is 0.311. The zero-order valence-electron chi connectivity index (χ0n) is 22.0. The van der Waals surface area contributed by atoms with Crippen molar-refractivity contribution in [1.29, 1.82) is 5.41 Å². The van der Waals surface area contributed by atoms with Gasteiger partial charge in [-0.05, 0) is 42.5 Å². The highest BCUT2D eigenvalue weighted by atomic mass is 16.5. The fourth-order valence-corrected chi connectivity index (χ4v) is 4.25. The van der Waals surface area contributed by atoms with E-state index >= 15 is 0 Å². The number of ether oxygens (including phenoxy) is 1. The third kappa shape index (κ3) is 5.95. The van der Waals surface area contributed by atoms with E-state index in [-0.39, 0.29) is 0 Å². The van der Waals surface area contributed by atoms with Gasteiger partial charge in [0.15, 0.2) is 5.79 Å². The van der Waals surface area contributed by atoms with E-state index in [0.717, 1.165) is 22.5 Å². The predicted molar refractivity (Wildman–Crippen MR) is 153 cm³/mol. The first-order chi connectivity index (χ1) is 18.3. The average molecular weight is 511 g/mol. The molecule has 5 rings (SSSR count). The Labute approximate surface area is 223 Å². The van der Waals surface area contributed by atoms with E-state index < -0.39 is 5.79 Å². The van der Waals surface area contributed by atoms with Crippen LogP contribution >= 0.6 is 0 Å². The monoisotopic (exact) mass is 510 g/mol. The molecule has 1 atom stereocenters. The van der Waals surface area contributed by atoms with Crippen molar-refractivity contribution in [2.45, 2.75) is 18.6 Å². The minimum Gasteiger partial charge on any atom is -0.499 e. The molecule has 3 aromatic rings. The van der Waals surface area contributed by atoms with Gasteiger partial charge in [0.1, 0.15) is 11.6 Å². The number of nitrogens with two attached hydrogens (primary N) is 1. The standard InChI is InChI=1S/C29H34N8O/c1-37(2)22-13-11-20(12-14-22)25-16-27(36-29(31)17-26(35-29)21-9-10-21)34-28(33-25)32-18-23(38-3)15-24(30)19-7-5-4-6-8-19/h4-8,11-17,21,30,35H,9-10,18,31H2,1-3H3,(H2,32,33,34,36)/b23-15-,30-24?/t29-/m1/s1. The molecule has 1 aliphatic heterocycles. The van der Waals surface area contributed by atoms with Gasteiger partial charge in [0.25, 0.3) is 0 Å². The summed E-state index contributed by atoms with van der Waals surface area (Å²) in [6.07, 6.45) is 6.15. The molecule has 0 spiro atoms. The number of nitrogens with zero attached hydrogens (tertiary/aromatic N) is 3. The number of rotatable bonds is 11. The van der Waals surface area contributed by atoms with Gasteiger partial charge in [-0.25, -0.2) is 4.98 Å². The molecule has 38 heavy (non-hydrogen) atoms. The molecule has 1 saturated carbocycles. The zero-order valence-corrected chi connectivity index (χ0v) is 22.0. The number of allylic oxidation sites excluding steroid dienone is 2. The summed E-state index contributed by atoms with van der Waals surface area (Å²) < 4.78 is 5.54. The molecule has 2 aromatic carbocycles. The number of benzene rings is 2. The Hall–Kier alpha value is -4.37. The molecule has 0 unspecified atom stereocenters. The molecular weight excluding hydrogens is 476 g/mol. The summed E-state index contributed by atoms with van der Waals surface area (Å²) in [5.41, 5.74) is 11.7. The number of methoxy groups -OCH3 is 1. The van der Waals surface area contributed by atoms with Crippen molar-refractivity contribution in [2.24, 2.45) is 11.7 Å². The average Bonchev–Trinajstić information content (AvgIpc) is 3.75. The summed E-state index contributed by atoms with van der Waals surface area (Å²) in [4.78, 5) is 11.5. The SMILES string of the molecule is CO/C(=C\C(=N)c1ccccc1)CNc1nc(N[C@@]2(N)C=C(C3CC3)N2)cc(-c2ccc(N(C)C)cc2)n1. The lowest BCUT2D eigenvalue weighted by Crippen LogP contribution is -2.64. The lowest BCUT2D eigenvalue weighted by molar-refractivity contribution is 0.290. The zero-order chi connectivity index (χ0) is 26.7. The van der Waals surface area contributed by atoms with Gasteiger partial charge in [0.05, 0.1) is 25.1 Å². The lowest BCUT2D eigenvalue weighted by Gasteiger charge is -2.39. The van der Waals surface area contributed by atoms with E-state index in [1.165, 1.54) is 18.5 Å². The molecule has 0 amide bonds. The molecule has 1 aromatic heterocycles. The Morgan fingerprint density at radius 3 is 2.50 bits per heavy atom. The largest absolute Gasteiger partial charge is 0.499 e. The lowest BCUT2D eigenvalue weighted by atomic mass is 10.1. The van der Waals surface area contributed by atoms with Crippen molar-refractivity contribution in [1.82, 2.24) is 15.3 Å². The molecule has 1 aliphatic carbocycles. The molecule has 9 nitrogen and oxygen atoms in total. The maximum atomic E-state index is 8.40. The number of aromatic nitrogens is 2. The van der Waals surface area contributed by atoms with E-state index in [1.807, 2.05) is 68.7 Å². The van der Waals surface area contributed by atoms with Crippen molar-refractivity contribution in [3.8, 4) is 11.3 Å². The third-order valence-electron chi connectivity index (χ3n) is 6.57. The van der Waals surface area contributed by atoms with Crippen LogP contribution < -0.4 is 26.6 Å². The molecule has 0 saturated heterocycles. The second-order valence-corrected chi connectivity index (χ2v) is 9.84. The predicted octanol–water partition coefficient (Wildman–Crippen LogP) is 4.14. The molecule has 6 N–H and O–H groups in total. The molecule has 1 fully saturated rings. The second kappa shape index (κ2) is 10.5. The first-order valence-corrected chi connectivity index (χ1v) is 12.7. The van der Waals surface area contributed by atoms with Crippen molar-refractivity contribution < 1.29 is 4.74 Å². The van der Waals surface area contributed by atoms with Gasteiger partial charge in [0.2, 0.25) is 5.95 Å². The molecule has 2 heterocycles. The van der Waals surface area contributed by atoms with Crippen LogP contribution in [0.4, 0.5) is 17.5 Å². The van der Waals surface area contributed by atoms with Gasteiger partial charge in [-0.3, -0.25) is 5.73 Å². The molecular formula is C29H34N8O. The van der Waals surface area contributed by atoms with Crippen LogP contribution in [-0.2, 0) is 4.74 Å². The minimum absolute atomic E-state index is 0.311. The van der Waals surface area contributed by atoms with Crippen LogP contribution in [0.25, 0.3) is 11.3 Å². The van der Waals surface area contributed by atoms with Crippen molar-refractivity contribution in [3.63, 3.8) is 0 Å². The molecule has 2 aliphatic rings. The summed E-state index contributed by atoms with van der Waals surface area (Å²) in [5.74, 6) is 1.36. The number of hydrogen-bond donors (Lipinski definition) is 5. The van der Waals surface area contributed by atoms with Crippen LogP contribution in [0, 0.1) is 11.3 Å². The van der Waals surface area contributed by atoms with Crippen LogP contribution in [0.3, 0.4) is 0 Å². The molecule has 9 heteroatoms. The van der Waals surface area contributed by atoms with E-state index in [9.17, 15) is 0 Å². The van der Waals surface area contributed by atoms with Crippen LogP contribution in [0.5, 0.6) is 0 Å². The van der Waals surface area contributed by atoms with Crippen molar-refractivity contribution >= 4 is 23.2 Å². The molecule has 0 bridgehead atoms. The van der Waals surface area contributed by atoms with E-state index in [4.69, 9.17) is 20.9 Å². The quantitative estimate of drug-likeness (QED) is 0.148. The Morgan fingerprint density at radius 1 is 1.16 bits per heavy atom. The highest BCUT2D eigenvalue weighted by Crippen LogP contribution is 2.39. The van der Waals surface area contributed by atoms with Gasteiger partial charge in [-0.1, -0.05) is 42.5 Å². The smallest absolute Gasteiger partial charge is 0.225 e. The fraction of sp³-hybridized carbons (Fsp3) is 0.276. The number of hydrogen-bond acceptors (Lipinski definition) is 9. The van der Waals surface area contributed by atoms with Gasteiger partial charge in [-0.15, -0.1) is 0 Å². The van der Waals surface area contributed by atoms with Crippen molar-refractivity contribution in [3.05, 3.63) is 89.8 Å². The Kier molecular flexibility index (Phi) is 7.02. The van der Waals surface area contributed by atoms with Gasteiger partial charge in [0, 0.05) is 43.2 Å². The van der Waals surface area contributed by atoms with Gasteiger partial charge < -0.3 is 31.0 Å². The molecule has 196 valence electrons. The summed E-state index contributed by atoms with van der Waals surface area (Å²) in [7, 11) is 5.61. The first-order valence-electron chi connectivity index (χ1n) is 12.7. The summed E-state index contributed by atoms with van der Waals surface area (Å²) in [6, 6.07) is 19.6. The minimum atomic E-state index is -0.849. The maximum Gasteiger partial charge on any atom is 0.225 e. The number of anilines is 3.